The molecule has 1 heterocycles. The minimum Gasteiger partial charge on any atom is -0.480 e. The minimum atomic E-state index is -2.70. The summed E-state index contributed by atoms with van der Waals surface area (Å²) < 4.78 is 26.3. The summed E-state index contributed by atoms with van der Waals surface area (Å²) in [4.78, 5) is 12.0. The van der Waals surface area contributed by atoms with E-state index in [0.29, 0.717) is 6.54 Å². The van der Waals surface area contributed by atoms with E-state index < -0.39 is 11.9 Å². The van der Waals surface area contributed by atoms with Crippen LogP contribution in [0, 0.1) is 0 Å². The van der Waals surface area contributed by atoms with Gasteiger partial charge in [0.05, 0.1) is 13.1 Å². The summed E-state index contributed by atoms with van der Waals surface area (Å²) in [6, 6.07) is -0.357. The molecule has 0 aromatic heterocycles. The Bertz CT molecular complexity index is 263. The molecule has 5 nitrogen and oxygen atoms in total. The standard InChI is InChI=1S/C9H17F2N3O2/c1-12-14-6-9(10,11)3-7(14)4-13(2)5-8(15)16/h7,12H,3-6H2,1-2H3,(H,15,16). The van der Waals surface area contributed by atoms with Crippen molar-refractivity contribution in [2.24, 2.45) is 0 Å². The monoisotopic (exact) mass is 237 g/mol. The molecule has 0 amide bonds. The van der Waals surface area contributed by atoms with Crippen molar-refractivity contribution in [2.45, 2.75) is 18.4 Å². The van der Waals surface area contributed by atoms with E-state index in [-0.39, 0.29) is 25.6 Å². The van der Waals surface area contributed by atoms with E-state index in [4.69, 9.17) is 5.11 Å². The van der Waals surface area contributed by atoms with Crippen LogP contribution in [0.4, 0.5) is 8.78 Å². The van der Waals surface area contributed by atoms with Crippen molar-refractivity contribution < 1.29 is 18.7 Å². The molecule has 0 aromatic rings. The van der Waals surface area contributed by atoms with Gasteiger partial charge < -0.3 is 5.11 Å². The van der Waals surface area contributed by atoms with Gasteiger partial charge in [0.15, 0.2) is 0 Å². The third-order valence-electron chi connectivity index (χ3n) is 2.59. The van der Waals surface area contributed by atoms with Gasteiger partial charge in [0.2, 0.25) is 0 Å². The summed E-state index contributed by atoms with van der Waals surface area (Å²) in [6.45, 7) is -0.155. The zero-order chi connectivity index (χ0) is 12.3. The van der Waals surface area contributed by atoms with Gasteiger partial charge in [-0.1, -0.05) is 0 Å². The van der Waals surface area contributed by atoms with Gasteiger partial charge in [-0.2, -0.15) is 0 Å². The highest BCUT2D eigenvalue weighted by Gasteiger charge is 2.44. The van der Waals surface area contributed by atoms with E-state index in [1.165, 1.54) is 9.91 Å². The molecule has 0 aliphatic carbocycles. The number of hydrogen-bond donors (Lipinski definition) is 2. The number of carboxylic acids is 1. The molecule has 0 aromatic carbocycles. The highest BCUT2D eigenvalue weighted by atomic mass is 19.3. The van der Waals surface area contributed by atoms with Crippen LogP contribution in [0.25, 0.3) is 0 Å². The molecule has 94 valence electrons. The molecule has 1 aliphatic heterocycles. The van der Waals surface area contributed by atoms with Crippen molar-refractivity contribution in [3.05, 3.63) is 0 Å². The fourth-order valence-electron chi connectivity index (χ4n) is 1.98. The Morgan fingerprint density at radius 2 is 2.31 bits per heavy atom. The summed E-state index contributed by atoms with van der Waals surface area (Å²) >= 11 is 0. The van der Waals surface area contributed by atoms with Gasteiger partial charge in [-0.3, -0.25) is 15.1 Å². The molecule has 2 N–H and O–H groups in total. The van der Waals surface area contributed by atoms with Crippen molar-refractivity contribution in [2.75, 3.05) is 33.7 Å². The number of carbonyl (C=O) groups is 1. The molecule has 0 bridgehead atoms. The lowest BCUT2D eigenvalue weighted by atomic mass is 10.2. The Hall–Kier alpha value is -0.790. The van der Waals surface area contributed by atoms with Gasteiger partial charge in [-0.25, -0.2) is 13.8 Å². The smallest absolute Gasteiger partial charge is 0.317 e. The van der Waals surface area contributed by atoms with Crippen LogP contribution in [0.15, 0.2) is 0 Å². The average molecular weight is 237 g/mol. The van der Waals surface area contributed by atoms with Crippen LogP contribution < -0.4 is 5.43 Å². The molecule has 16 heavy (non-hydrogen) atoms. The first-order valence-electron chi connectivity index (χ1n) is 5.06. The lowest BCUT2D eigenvalue weighted by Gasteiger charge is -2.26. The van der Waals surface area contributed by atoms with Crippen LogP contribution in [0.3, 0.4) is 0 Å². The zero-order valence-corrected chi connectivity index (χ0v) is 9.41. The van der Waals surface area contributed by atoms with Gasteiger partial charge in [0, 0.05) is 19.0 Å². The average Bonchev–Trinajstić information content (AvgIpc) is 2.38. The van der Waals surface area contributed by atoms with E-state index >= 15 is 0 Å². The normalized spacial score (nSPS) is 25.2. The molecular weight excluding hydrogens is 220 g/mol. The van der Waals surface area contributed by atoms with Crippen molar-refractivity contribution in [1.82, 2.24) is 15.3 Å². The van der Waals surface area contributed by atoms with E-state index in [9.17, 15) is 13.6 Å². The first kappa shape index (κ1) is 13.3. The molecule has 0 spiro atoms. The molecule has 0 radical (unpaired) electrons. The second kappa shape index (κ2) is 5.03. The van der Waals surface area contributed by atoms with Gasteiger partial charge in [-0.15, -0.1) is 0 Å². The number of carboxylic acid groups (broad SMARTS) is 1. The topological polar surface area (TPSA) is 55.8 Å². The Morgan fingerprint density at radius 1 is 1.69 bits per heavy atom. The summed E-state index contributed by atoms with van der Waals surface area (Å²) in [6.07, 6.45) is -0.238. The maximum absolute atomic E-state index is 13.1. The van der Waals surface area contributed by atoms with Gasteiger partial charge in [0.1, 0.15) is 0 Å². The predicted octanol–water partition coefficient (Wildman–Crippen LogP) is -0.153. The Kier molecular flexibility index (Phi) is 4.17. The number of likely N-dealkylation sites (N-methyl/N-ethyl adjacent to an activating group) is 1. The molecular formula is C9H17F2N3O2. The van der Waals surface area contributed by atoms with E-state index in [1.807, 2.05) is 0 Å². The van der Waals surface area contributed by atoms with Crippen molar-refractivity contribution >= 4 is 5.97 Å². The number of nitrogens with one attached hydrogen (secondary N) is 1. The second-order valence-corrected chi connectivity index (χ2v) is 4.16. The molecule has 1 aliphatic rings. The Labute approximate surface area is 93.0 Å². The SMILES string of the molecule is CNN1CC(F)(F)CC1CN(C)CC(=O)O. The lowest BCUT2D eigenvalue weighted by molar-refractivity contribution is -0.138. The number of hydrazine groups is 1. The number of nitrogens with zero attached hydrogens (tertiary/aromatic N) is 2. The molecule has 7 heteroatoms. The zero-order valence-electron chi connectivity index (χ0n) is 9.41. The van der Waals surface area contributed by atoms with E-state index in [2.05, 4.69) is 5.43 Å². The maximum atomic E-state index is 13.1. The van der Waals surface area contributed by atoms with Crippen molar-refractivity contribution in [3.8, 4) is 0 Å². The van der Waals surface area contributed by atoms with Crippen LogP contribution in [0.5, 0.6) is 0 Å². The molecule has 1 saturated heterocycles. The Balaban J connectivity index is 2.49. The predicted molar refractivity (Wildman–Crippen MR) is 54.3 cm³/mol. The summed E-state index contributed by atoms with van der Waals surface area (Å²) in [5.74, 6) is -3.65. The minimum absolute atomic E-state index is 0.139. The van der Waals surface area contributed by atoms with E-state index in [1.54, 1.807) is 14.1 Å². The molecule has 1 rings (SSSR count). The highest BCUT2D eigenvalue weighted by molar-refractivity contribution is 5.69. The molecule has 1 fully saturated rings. The summed E-state index contributed by atoms with van der Waals surface area (Å²) in [7, 11) is 3.20. The number of hydrogen-bond acceptors (Lipinski definition) is 4. The van der Waals surface area contributed by atoms with Crippen LogP contribution >= 0.6 is 0 Å². The van der Waals surface area contributed by atoms with Crippen LogP contribution in [0.1, 0.15) is 6.42 Å². The Morgan fingerprint density at radius 3 is 2.81 bits per heavy atom. The van der Waals surface area contributed by atoms with Gasteiger partial charge in [0.25, 0.3) is 5.92 Å². The highest BCUT2D eigenvalue weighted by Crippen LogP contribution is 2.30. The second-order valence-electron chi connectivity index (χ2n) is 4.16. The van der Waals surface area contributed by atoms with E-state index in [0.717, 1.165) is 0 Å². The maximum Gasteiger partial charge on any atom is 0.317 e. The number of halogens is 2. The van der Waals surface area contributed by atoms with Crippen molar-refractivity contribution in [1.29, 1.82) is 0 Å². The number of aliphatic carboxylic acids is 1. The molecule has 1 atom stereocenters. The van der Waals surface area contributed by atoms with Gasteiger partial charge in [-0.05, 0) is 14.1 Å². The number of alkyl halides is 2. The fourth-order valence-corrected chi connectivity index (χ4v) is 1.98. The lowest BCUT2D eigenvalue weighted by Crippen LogP contribution is -2.45. The van der Waals surface area contributed by atoms with Gasteiger partial charge >= 0.3 is 5.97 Å². The fraction of sp³-hybridized carbons (Fsp3) is 0.889. The quantitative estimate of drug-likeness (QED) is 0.696. The summed E-state index contributed by atoms with van der Waals surface area (Å²) in [5.41, 5.74) is 2.71. The molecule has 1 unspecified atom stereocenters. The number of rotatable bonds is 5. The van der Waals surface area contributed by atoms with Crippen LogP contribution in [-0.2, 0) is 4.79 Å². The molecule has 0 saturated carbocycles. The largest absolute Gasteiger partial charge is 0.480 e. The van der Waals surface area contributed by atoms with Crippen LogP contribution in [0.2, 0.25) is 0 Å². The third-order valence-corrected chi connectivity index (χ3v) is 2.59. The van der Waals surface area contributed by atoms with Crippen molar-refractivity contribution in [3.63, 3.8) is 0 Å². The third kappa shape index (κ3) is 3.66. The van der Waals surface area contributed by atoms with Crippen LogP contribution in [-0.4, -0.2) is 66.7 Å². The summed E-state index contributed by atoms with van der Waals surface area (Å²) in [5, 5.41) is 10.0. The first-order valence-corrected chi connectivity index (χ1v) is 5.06. The first-order chi connectivity index (χ1) is 7.34.